The predicted molar refractivity (Wildman–Crippen MR) is 103 cm³/mol. The first-order valence-electron chi connectivity index (χ1n) is 7.81. The van der Waals surface area contributed by atoms with E-state index in [1.807, 2.05) is 0 Å². The van der Waals surface area contributed by atoms with Gasteiger partial charge in [-0.1, -0.05) is 4.89 Å². The van der Waals surface area contributed by atoms with Gasteiger partial charge in [-0.2, -0.15) is 0 Å². The molecule has 0 aliphatic heterocycles. The molecular formula is C14H21N4O6PS2. The van der Waals surface area contributed by atoms with Crippen LogP contribution in [0.3, 0.4) is 0 Å². The molecule has 1 aromatic carbocycles. The summed E-state index contributed by atoms with van der Waals surface area (Å²) in [5.74, 6) is -0.253. The fourth-order valence-corrected chi connectivity index (χ4v) is 5.15. The van der Waals surface area contributed by atoms with Gasteiger partial charge in [0.15, 0.2) is 0 Å². The van der Waals surface area contributed by atoms with Gasteiger partial charge in [0, 0.05) is 43.1 Å². The highest BCUT2D eigenvalue weighted by Gasteiger charge is 2.23. The highest BCUT2D eigenvalue weighted by atomic mass is 32.2. The Morgan fingerprint density at radius 2 is 1.93 bits per heavy atom. The average molecular weight is 436 g/mol. The summed E-state index contributed by atoms with van der Waals surface area (Å²) in [5, 5.41) is 0.537. The quantitative estimate of drug-likeness (QED) is 0.321. The molecule has 10 nitrogen and oxygen atoms in total. The van der Waals surface area contributed by atoms with E-state index in [1.165, 1.54) is 11.0 Å². The molecule has 0 aliphatic carbocycles. The Labute approximate surface area is 160 Å². The highest BCUT2D eigenvalue weighted by molar-refractivity contribution is 7.91. The van der Waals surface area contributed by atoms with Crippen molar-refractivity contribution >= 4 is 44.9 Å². The summed E-state index contributed by atoms with van der Waals surface area (Å²) in [6, 6.07) is 6.16. The van der Waals surface area contributed by atoms with E-state index < -0.39 is 17.6 Å². The lowest BCUT2D eigenvalue weighted by molar-refractivity contribution is 0.0765. The molecule has 0 saturated carbocycles. The lowest BCUT2D eigenvalue weighted by Crippen LogP contribution is -2.38. The zero-order valence-electron chi connectivity index (χ0n) is 14.5. The molecule has 0 radical (unpaired) electrons. The molecule has 1 heterocycles. The molecule has 0 fully saturated rings. The molecule has 1 atom stereocenters. The minimum Gasteiger partial charge on any atom is -0.336 e. The Morgan fingerprint density at radius 3 is 2.48 bits per heavy atom. The van der Waals surface area contributed by atoms with Gasteiger partial charge in [0.25, 0.3) is 15.9 Å². The van der Waals surface area contributed by atoms with Crippen LogP contribution in [0, 0.1) is 0 Å². The van der Waals surface area contributed by atoms with E-state index in [9.17, 15) is 17.8 Å². The zero-order valence-corrected chi connectivity index (χ0v) is 17.0. The van der Waals surface area contributed by atoms with E-state index in [-0.39, 0.29) is 10.1 Å². The molecule has 0 aliphatic rings. The number of carbonyl (C=O) groups is 1. The number of hydrogen-bond acceptors (Lipinski definition) is 8. The Hall–Kier alpha value is -1.37. The van der Waals surface area contributed by atoms with Gasteiger partial charge in [0.1, 0.15) is 4.21 Å². The second-order valence-corrected chi connectivity index (χ2v) is 10.4. The van der Waals surface area contributed by atoms with Crippen LogP contribution in [-0.4, -0.2) is 57.0 Å². The van der Waals surface area contributed by atoms with Gasteiger partial charge in [-0.05, 0) is 29.7 Å². The van der Waals surface area contributed by atoms with Crippen LogP contribution in [0.15, 0.2) is 28.5 Å². The molecule has 2 aromatic rings. The Balaban J connectivity index is 2.31. The van der Waals surface area contributed by atoms with E-state index in [4.69, 9.17) is 16.4 Å². The summed E-state index contributed by atoms with van der Waals surface area (Å²) in [6.45, 7) is 2.17. The van der Waals surface area contributed by atoms with Gasteiger partial charge < -0.3 is 21.3 Å². The summed E-state index contributed by atoms with van der Waals surface area (Å²) in [5.41, 5.74) is 11.4. The molecule has 150 valence electrons. The predicted octanol–water partition coefficient (Wildman–Crippen LogP) is 0.286. The van der Waals surface area contributed by atoms with Crippen LogP contribution < -0.4 is 16.4 Å². The number of thiophene rings is 1. The van der Waals surface area contributed by atoms with Crippen molar-refractivity contribution in [2.45, 2.75) is 4.21 Å². The maximum atomic E-state index is 12.6. The Bertz CT molecular complexity index is 965. The van der Waals surface area contributed by atoms with Crippen LogP contribution in [0.5, 0.6) is 0 Å². The molecule has 6 N–H and O–H groups in total. The normalized spacial score (nSPS) is 14.2. The summed E-state index contributed by atoms with van der Waals surface area (Å²) in [6.07, 6.45) is 0. The van der Waals surface area contributed by atoms with Crippen molar-refractivity contribution in [1.29, 1.82) is 0 Å². The van der Waals surface area contributed by atoms with Gasteiger partial charge in [-0.3, -0.25) is 9.36 Å². The lowest BCUT2D eigenvalue weighted by atomic mass is 10.1. The van der Waals surface area contributed by atoms with Crippen molar-refractivity contribution in [3.8, 4) is 0 Å². The summed E-state index contributed by atoms with van der Waals surface area (Å²) < 4.78 is 40.3. The molecule has 1 unspecified atom stereocenters. The number of carbonyl (C=O) groups excluding carboxylic acids is 1. The van der Waals surface area contributed by atoms with Crippen LogP contribution in [0.4, 0.5) is 0 Å². The van der Waals surface area contributed by atoms with Crippen molar-refractivity contribution < 1.29 is 27.3 Å². The first-order chi connectivity index (χ1) is 12.6. The molecule has 27 heavy (non-hydrogen) atoms. The largest absolute Gasteiger partial charge is 0.342 e. The van der Waals surface area contributed by atoms with Crippen LogP contribution >= 0.6 is 18.9 Å². The second-order valence-electron chi connectivity index (χ2n) is 5.67. The van der Waals surface area contributed by atoms with E-state index in [0.717, 1.165) is 18.0 Å². The second kappa shape index (κ2) is 8.76. The van der Waals surface area contributed by atoms with Crippen LogP contribution in [0.1, 0.15) is 10.4 Å². The van der Waals surface area contributed by atoms with E-state index in [0.29, 0.717) is 41.8 Å². The number of rotatable bonds is 9. The van der Waals surface area contributed by atoms with Crippen LogP contribution in [0.2, 0.25) is 0 Å². The molecule has 0 bridgehead atoms. The number of sulfonamides is 1. The van der Waals surface area contributed by atoms with Crippen molar-refractivity contribution in [2.24, 2.45) is 11.5 Å². The third-order valence-electron chi connectivity index (χ3n) is 3.41. The van der Waals surface area contributed by atoms with Gasteiger partial charge in [-0.25, -0.2) is 13.0 Å². The average Bonchev–Trinajstić information content (AvgIpc) is 3.03. The molecule has 13 heteroatoms. The highest BCUT2D eigenvalue weighted by Crippen LogP contribution is 2.36. The third-order valence-corrected chi connectivity index (χ3v) is 6.73. The SMILES string of the molecule is CP(=O)(O)ONS(=O)(=O)c1cc2cc(C(=O)N(CCN)CCN)ccc2s1. The maximum absolute atomic E-state index is 12.6. The third kappa shape index (κ3) is 5.80. The minimum absolute atomic E-state index is 0.115. The summed E-state index contributed by atoms with van der Waals surface area (Å²) >= 11 is 0.937. The molecule has 0 spiro atoms. The van der Waals surface area contributed by atoms with E-state index in [1.54, 1.807) is 23.1 Å². The Morgan fingerprint density at radius 1 is 1.30 bits per heavy atom. The topological polar surface area (TPSA) is 165 Å². The van der Waals surface area contributed by atoms with Crippen molar-refractivity contribution in [3.63, 3.8) is 0 Å². The van der Waals surface area contributed by atoms with E-state index in [2.05, 4.69) is 4.62 Å². The smallest absolute Gasteiger partial charge is 0.336 e. The van der Waals surface area contributed by atoms with E-state index >= 15 is 0 Å². The molecule has 1 aromatic heterocycles. The van der Waals surface area contributed by atoms with Gasteiger partial charge in [-0.15, -0.1) is 11.3 Å². The van der Waals surface area contributed by atoms with Crippen molar-refractivity contribution in [3.05, 3.63) is 29.8 Å². The fourth-order valence-electron chi connectivity index (χ4n) is 2.25. The number of nitrogens with zero attached hydrogens (tertiary/aromatic N) is 1. The minimum atomic E-state index is -4.14. The van der Waals surface area contributed by atoms with Crippen molar-refractivity contribution in [2.75, 3.05) is 32.8 Å². The number of amides is 1. The standard InChI is InChI=1S/C14H21N4O6PS2/c1-25(20,21)24-17-27(22,23)13-9-11-8-10(2-3-12(11)26-13)14(19)18(6-4-15)7-5-16/h2-3,8-9,17H,4-7,15-16H2,1H3,(H,20,21). The van der Waals surface area contributed by atoms with Crippen molar-refractivity contribution in [1.82, 2.24) is 9.79 Å². The number of hydrogen-bond donors (Lipinski definition) is 4. The molecular weight excluding hydrogens is 415 g/mol. The number of nitrogens with one attached hydrogen (secondary N) is 1. The number of benzene rings is 1. The number of nitrogens with two attached hydrogens (primary N) is 2. The first-order valence-corrected chi connectivity index (χ1v) is 12.1. The molecule has 2 rings (SSSR count). The van der Waals surface area contributed by atoms with Gasteiger partial charge in [0.05, 0.1) is 0 Å². The molecule has 0 saturated heterocycles. The lowest BCUT2D eigenvalue weighted by Gasteiger charge is -2.21. The number of fused-ring (bicyclic) bond motifs is 1. The van der Waals surface area contributed by atoms with Gasteiger partial charge >= 0.3 is 7.60 Å². The zero-order chi connectivity index (χ0) is 20.2. The van der Waals surface area contributed by atoms with Crippen LogP contribution in [0.25, 0.3) is 10.1 Å². The fraction of sp³-hybridized carbons (Fsp3) is 0.357. The molecule has 1 amide bonds. The summed E-state index contributed by atoms with van der Waals surface area (Å²) in [7, 11) is -8.16. The monoisotopic (exact) mass is 436 g/mol. The van der Waals surface area contributed by atoms with Crippen LogP contribution in [-0.2, 0) is 19.2 Å². The first kappa shape index (κ1) is 21.9. The summed E-state index contributed by atoms with van der Waals surface area (Å²) in [4.78, 5) is 24.8. The maximum Gasteiger partial charge on any atom is 0.342 e. The van der Waals surface area contributed by atoms with Gasteiger partial charge in [0.2, 0.25) is 0 Å². The Kier molecular flexibility index (Phi) is 7.11.